The molecule has 0 saturated carbocycles. The highest BCUT2D eigenvalue weighted by Gasteiger charge is 2.02. The van der Waals surface area contributed by atoms with Gasteiger partial charge in [0.15, 0.2) is 6.29 Å². The van der Waals surface area contributed by atoms with Crippen LogP contribution in [0.3, 0.4) is 0 Å². The highest BCUT2D eigenvalue weighted by molar-refractivity contribution is 5.84. The lowest BCUT2D eigenvalue weighted by Crippen LogP contribution is -1.78. The van der Waals surface area contributed by atoms with Crippen molar-refractivity contribution in [2.45, 2.75) is 0 Å². The summed E-state index contributed by atoms with van der Waals surface area (Å²) in [5.74, 6) is 0. The largest absolute Gasteiger partial charge is 0.298 e. The van der Waals surface area contributed by atoms with Crippen LogP contribution >= 0.6 is 0 Å². The van der Waals surface area contributed by atoms with E-state index in [1.165, 1.54) is 12.1 Å². The molecule has 60 valence electrons. The molecule has 1 aromatic rings. The van der Waals surface area contributed by atoms with E-state index in [0.29, 0.717) is 6.29 Å². The van der Waals surface area contributed by atoms with Gasteiger partial charge in [0.05, 0.1) is 0 Å². The van der Waals surface area contributed by atoms with E-state index in [9.17, 15) is 14.6 Å². The lowest BCUT2D eigenvalue weighted by molar-refractivity contribution is 0.112. The van der Waals surface area contributed by atoms with Crippen molar-refractivity contribution in [3.8, 4) is 0 Å². The van der Waals surface area contributed by atoms with Crippen molar-refractivity contribution in [1.29, 1.82) is 0 Å². The minimum Gasteiger partial charge on any atom is -0.298 e. The van der Waals surface area contributed by atoms with E-state index in [4.69, 9.17) is 0 Å². The summed E-state index contributed by atoms with van der Waals surface area (Å²) in [6.07, 6.45) is 0.491. The van der Waals surface area contributed by atoms with Crippen LogP contribution in [0, 0.1) is 9.81 Å². The normalized spacial score (nSPS) is 9.00. The zero-order chi connectivity index (χ0) is 8.97. The summed E-state index contributed by atoms with van der Waals surface area (Å²) in [5, 5.41) is 5.16. The molecule has 5 nitrogen and oxygen atoms in total. The molecule has 0 aliphatic heterocycles. The van der Waals surface area contributed by atoms with Crippen LogP contribution in [0.2, 0.25) is 0 Å². The number of carbonyl (C=O) groups excluding carboxylic acids is 1. The molecule has 0 spiro atoms. The maximum atomic E-state index is 10.3. The fourth-order valence-electron chi connectivity index (χ4n) is 0.768. The van der Waals surface area contributed by atoms with E-state index in [-0.39, 0.29) is 16.9 Å². The molecule has 0 fully saturated rings. The van der Waals surface area contributed by atoms with Crippen molar-refractivity contribution < 1.29 is 4.79 Å². The minimum absolute atomic E-state index is 0.0675. The Morgan fingerprint density at radius 1 is 1.17 bits per heavy atom. The summed E-state index contributed by atoms with van der Waals surface area (Å²) in [7, 11) is 0. The van der Waals surface area contributed by atoms with Gasteiger partial charge in [-0.15, -0.1) is 9.81 Å². The van der Waals surface area contributed by atoms with Gasteiger partial charge in [0.1, 0.15) is 11.4 Å². The molecule has 0 radical (unpaired) electrons. The van der Waals surface area contributed by atoms with E-state index in [0.717, 1.165) is 6.07 Å². The topological polar surface area (TPSA) is 75.9 Å². The highest BCUT2D eigenvalue weighted by Crippen LogP contribution is 2.23. The first-order valence-electron chi connectivity index (χ1n) is 3.07. The third-order valence-electron chi connectivity index (χ3n) is 1.34. The standard InChI is InChI=1S/C7H4N2O3/c10-4-5-1-2-6(8-11)3-7(5)9-12/h1-4H. The third kappa shape index (κ3) is 1.39. The number of carbonyl (C=O) groups is 1. The summed E-state index contributed by atoms with van der Waals surface area (Å²) in [5.41, 5.74) is 0.162. The zero-order valence-corrected chi connectivity index (χ0v) is 5.93. The van der Waals surface area contributed by atoms with Gasteiger partial charge < -0.3 is 0 Å². The maximum absolute atomic E-state index is 10.3. The van der Waals surface area contributed by atoms with Gasteiger partial charge in [-0.1, -0.05) is 0 Å². The second kappa shape index (κ2) is 3.47. The Morgan fingerprint density at radius 3 is 2.42 bits per heavy atom. The molecule has 0 N–H and O–H groups in total. The van der Waals surface area contributed by atoms with Crippen LogP contribution in [0.4, 0.5) is 11.4 Å². The van der Waals surface area contributed by atoms with Crippen LogP contribution in [0.5, 0.6) is 0 Å². The van der Waals surface area contributed by atoms with Crippen LogP contribution in [0.1, 0.15) is 10.4 Å². The molecule has 0 unspecified atom stereocenters. The second-order valence-electron chi connectivity index (χ2n) is 2.04. The fraction of sp³-hybridized carbons (Fsp3) is 0. The summed E-state index contributed by atoms with van der Waals surface area (Å²) >= 11 is 0. The average molecular weight is 164 g/mol. The zero-order valence-electron chi connectivity index (χ0n) is 5.93. The summed E-state index contributed by atoms with van der Waals surface area (Å²) in [6, 6.07) is 3.82. The van der Waals surface area contributed by atoms with Crippen LogP contribution in [0.25, 0.3) is 0 Å². The maximum Gasteiger partial charge on any atom is 0.152 e. The summed E-state index contributed by atoms with van der Waals surface area (Å²) < 4.78 is 0. The molecule has 0 aliphatic rings. The molecule has 0 amide bonds. The van der Waals surface area contributed by atoms with Crippen LogP contribution in [-0.2, 0) is 0 Å². The van der Waals surface area contributed by atoms with Gasteiger partial charge in [-0.2, -0.15) is 0 Å². The van der Waals surface area contributed by atoms with Gasteiger partial charge in [0.2, 0.25) is 0 Å². The molecule has 0 saturated heterocycles. The van der Waals surface area contributed by atoms with Gasteiger partial charge in [-0.05, 0) is 28.6 Å². The summed E-state index contributed by atoms with van der Waals surface area (Å²) in [4.78, 5) is 30.4. The van der Waals surface area contributed by atoms with Crippen molar-refractivity contribution in [1.82, 2.24) is 0 Å². The molecule has 5 heteroatoms. The van der Waals surface area contributed by atoms with Crippen molar-refractivity contribution in [3.63, 3.8) is 0 Å². The van der Waals surface area contributed by atoms with Gasteiger partial charge >= 0.3 is 0 Å². The Labute approximate surface area is 67.3 Å². The predicted molar refractivity (Wildman–Crippen MR) is 42.7 cm³/mol. The van der Waals surface area contributed by atoms with Crippen molar-refractivity contribution in [2.24, 2.45) is 10.4 Å². The Morgan fingerprint density at radius 2 is 1.92 bits per heavy atom. The van der Waals surface area contributed by atoms with Crippen LogP contribution in [0.15, 0.2) is 28.6 Å². The lowest BCUT2D eigenvalue weighted by Gasteiger charge is -1.93. The monoisotopic (exact) mass is 164 g/mol. The van der Waals surface area contributed by atoms with Crippen molar-refractivity contribution in [2.75, 3.05) is 0 Å². The minimum atomic E-state index is -0.0675. The Hall–Kier alpha value is -1.91. The van der Waals surface area contributed by atoms with Crippen molar-refractivity contribution in [3.05, 3.63) is 33.6 Å². The first-order valence-corrected chi connectivity index (χ1v) is 3.07. The van der Waals surface area contributed by atoms with E-state index >= 15 is 0 Å². The molecule has 0 aliphatic carbocycles. The molecular formula is C7H4N2O3. The first kappa shape index (κ1) is 8.19. The molecule has 0 heterocycles. The van der Waals surface area contributed by atoms with Crippen LogP contribution < -0.4 is 0 Å². The highest BCUT2D eigenvalue weighted by atomic mass is 16.3. The van der Waals surface area contributed by atoms with Crippen LogP contribution in [-0.4, -0.2) is 6.29 Å². The Kier molecular flexibility index (Phi) is 2.37. The molecular weight excluding hydrogens is 160 g/mol. The number of benzene rings is 1. The average Bonchev–Trinajstić information content (AvgIpc) is 2.16. The van der Waals surface area contributed by atoms with Gasteiger partial charge in [-0.25, -0.2) is 0 Å². The smallest absolute Gasteiger partial charge is 0.152 e. The summed E-state index contributed by atoms with van der Waals surface area (Å²) in [6.45, 7) is 0. The quantitative estimate of drug-likeness (QED) is 0.508. The molecule has 12 heavy (non-hydrogen) atoms. The SMILES string of the molecule is O=Cc1ccc(N=O)cc1N=O. The van der Waals surface area contributed by atoms with E-state index in [1.54, 1.807) is 0 Å². The lowest BCUT2D eigenvalue weighted by atomic mass is 10.2. The van der Waals surface area contributed by atoms with Gasteiger partial charge in [0.25, 0.3) is 0 Å². The number of nitroso groups, excluding NO2 is 2. The van der Waals surface area contributed by atoms with Crippen molar-refractivity contribution >= 4 is 17.7 Å². The second-order valence-corrected chi connectivity index (χ2v) is 2.04. The van der Waals surface area contributed by atoms with Gasteiger partial charge in [0, 0.05) is 5.56 Å². The molecule has 0 bridgehead atoms. The van der Waals surface area contributed by atoms with E-state index in [1.807, 2.05) is 0 Å². The van der Waals surface area contributed by atoms with E-state index < -0.39 is 0 Å². The molecule has 0 atom stereocenters. The number of hydrogen-bond acceptors (Lipinski definition) is 5. The predicted octanol–water partition coefficient (Wildman–Crippen LogP) is 2.29. The van der Waals surface area contributed by atoms with Gasteiger partial charge in [-0.3, -0.25) is 4.79 Å². The fourth-order valence-corrected chi connectivity index (χ4v) is 0.768. The number of aldehydes is 1. The third-order valence-corrected chi connectivity index (χ3v) is 1.34. The molecule has 1 aromatic carbocycles. The van der Waals surface area contributed by atoms with E-state index in [2.05, 4.69) is 10.4 Å². The Balaban J connectivity index is 3.27. The Bertz CT molecular complexity index is 335. The number of rotatable bonds is 3. The first-order chi connectivity index (χ1) is 5.81. The number of hydrogen-bond donors (Lipinski definition) is 0. The molecule has 0 aromatic heterocycles. The number of nitrogens with zero attached hydrogens (tertiary/aromatic N) is 2. The molecule has 1 rings (SSSR count).